The highest BCUT2D eigenvalue weighted by Gasteiger charge is 2.37. The van der Waals surface area contributed by atoms with Gasteiger partial charge in [0.2, 0.25) is 5.91 Å². The molecule has 0 fully saturated rings. The third kappa shape index (κ3) is 25.6. The Bertz CT molecular complexity index is 863. The number of carboxylic acid groups (broad SMARTS) is 1. The van der Waals surface area contributed by atoms with E-state index >= 15 is 0 Å². The second-order valence-electron chi connectivity index (χ2n) is 11.1. The van der Waals surface area contributed by atoms with E-state index in [1.54, 1.807) is 0 Å². The fourth-order valence-corrected chi connectivity index (χ4v) is 4.36. The molecule has 2 N–H and O–H groups in total. The Morgan fingerprint density at radius 1 is 0.565 bits per heavy atom. The summed E-state index contributed by atoms with van der Waals surface area (Å²) < 4.78 is 24.7. The number of aliphatic carboxylic acids is 1. The van der Waals surface area contributed by atoms with Crippen LogP contribution < -0.4 is 5.32 Å². The van der Waals surface area contributed by atoms with Gasteiger partial charge in [-0.2, -0.15) is 0 Å². The molecule has 0 aliphatic heterocycles. The maximum Gasteiger partial charge on any atom is 0.309 e. The molecule has 0 aromatic carbocycles. The van der Waals surface area contributed by atoms with E-state index in [0.717, 1.165) is 25.7 Å². The van der Waals surface area contributed by atoms with Crippen LogP contribution in [0.2, 0.25) is 0 Å². The number of carbonyl (C=O) groups excluding carboxylic acids is 6. The van der Waals surface area contributed by atoms with E-state index in [9.17, 15) is 33.6 Å². The van der Waals surface area contributed by atoms with Crippen molar-refractivity contribution in [2.24, 2.45) is 0 Å². The minimum Gasteiger partial charge on any atom is -0.481 e. The van der Waals surface area contributed by atoms with Crippen LogP contribution in [0.5, 0.6) is 0 Å². The third-order valence-electron chi connectivity index (χ3n) is 6.97. The highest BCUT2D eigenvalue weighted by Crippen LogP contribution is 2.15. The van der Waals surface area contributed by atoms with Crippen molar-refractivity contribution in [2.75, 3.05) is 33.0 Å². The first-order valence-electron chi connectivity index (χ1n) is 16.3. The number of ether oxygens (including phenoxy) is 5. The van der Waals surface area contributed by atoms with Crippen molar-refractivity contribution in [1.82, 2.24) is 5.32 Å². The standard InChI is InChI=1S/C32H53NO13/c1-2-3-4-5-6-7-8-9-10-11-12-13-14-15-27(36)33-32(22-44-29(39)17-16-28(37)38,23-45-30(40)18-20-42-25-34)24-46-31(41)19-21-43-26-35/h25-26H,2-24H2,1H3,(H,33,36)(H,37,38). The number of esters is 3. The Kier molecular flexibility index (Phi) is 26.4. The monoisotopic (exact) mass is 659 g/mol. The highest BCUT2D eigenvalue weighted by molar-refractivity contribution is 5.78. The van der Waals surface area contributed by atoms with Crippen molar-refractivity contribution < 1.29 is 62.4 Å². The summed E-state index contributed by atoms with van der Waals surface area (Å²) in [7, 11) is 0. The number of hydrogen-bond acceptors (Lipinski definition) is 12. The SMILES string of the molecule is CCCCCCCCCCCCCCCC(=O)NC(COC(=O)CCOC=O)(COC(=O)CCOC=O)COC(=O)CCC(=O)O. The molecule has 1 amide bonds. The topological polar surface area (TPSA) is 198 Å². The predicted molar refractivity (Wildman–Crippen MR) is 164 cm³/mol. The van der Waals surface area contributed by atoms with Crippen LogP contribution in [0.3, 0.4) is 0 Å². The second kappa shape index (κ2) is 28.7. The number of hydrogen-bond donors (Lipinski definition) is 2. The second-order valence-corrected chi connectivity index (χ2v) is 11.1. The summed E-state index contributed by atoms with van der Waals surface area (Å²) >= 11 is 0. The van der Waals surface area contributed by atoms with Gasteiger partial charge in [0.15, 0.2) is 0 Å². The van der Waals surface area contributed by atoms with Crippen LogP contribution in [-0.2, 0) is 57.2 Å². The molecule has 0 radical (unpaired) electrons. The molecule has 0 saturated carbocycles. The van der Waals surface area contributed by atoms with Crippen LogP contribution in [0.4, 0.5) is 0 Å². The fourth-order valence-electron chi connectivity index (χ4n) is 4.36. The first-order valence-corrected chi connectivity index (χ1v) is 16.3. The molecule has 14 heteroatoms. The molecule has 0 rings (SSSR count). The molecule has 264 valence electrons. The zero-order valence-electron chi connectivity index (χ0n) is 27.3. The lowest BCUT2D eigenvalue weighted by Gasteiger charge is -2.33. The van der Waals surface area contributed by atoms with Gasteiger partial charge in [-0.25, -0.2) is 0 Å². The number of carbonyl (C=O) groups is 7. The average molecular weight is 660 g/mol. The number of nitrogens with one attached hydrogen (secondary N) is 1. The molecule has 0 aromatic rings. The minimum absolute atomic E-state index is 0.106. The number of amides is 1. The molecule has 0 saturated heterocycles. The summed E-state index contributed by atoms with van der Waals surface area (Å²) in [6.07, 6.45) is 13.3. The van der Waals surface area contributed by atoms with E-state index in [1.807, 2.05) is 0 Å². The lowest BCUT2D eigenvalue weighted by molar-refractivity contribution is -0.160. The molecule has 0 atom stereocenters. The van der Waals surface area contributed by atoms with Gasteiger partial charge >= 0.3 is 23.9 Å². The predicted octanol–water partition coefficient (Wildman–Crippen LogP) is 3.94. The lowest BCUT2D eigenvalue weighted by atomic mass is 10.0. The van der Waals surface area contributed by atoms with Crippen molar-refractivity contribution in [1.29, 1.82) is 0 Å². The van der Waals surface area contributed by atoms with Gasteiger partial charge in [0, 0.05) is 6.42 Å². The maximum atomic E-state index is 13.0. The Hall–Kier alpha value is -3.71. The summed E-state index contributed by atoms with van der Waals surface area (Å²) in [5.74, 6) is -4.19. The van der Waals surface area contributed by atoms with E-state index < -0.39 is 68.0 Å². The van der Waals surface area contributed by atoms with Gasteiger partial charge in [0.1, 0.15) is 38.6 Å². The molecular weight excluding hydrogens is 606 g/mol. The lowest BCUT2D eigenvalue weighted by Crippen LogP contribution is -2.59. The van der Waals surface area contributed by atoms with E-state index in [0.29, 0.717) is 6.42 Å². The zero-order valence-corrected chi connectivity index (χ0v) is 27.3. The first-order chi connectivity index (χ1) is 22.2. The summed E-state index contributed by atoms with van der Waals surface area (Å²) in [6.45, 7) is 0.266. The van der Waals surface area contributed by atoms with Crippen molar-refractivity contribution >= 4 is 42.7 Å². The quantitative estimate of drug-likeness (QED) is 0.0456. The van der Waals surface area contributed by atoms with Crippen LogP contribution >= 0.6 is 0 Å². The smallest absolute Gasteiger partial charge is 0.309 e. The van der Waals surface area contributed by atoms with Crippen LogP contribution in [0.1, 0.15) is 122 Å². The van der Waals surface area contributed by atoms with Crippen LogP contribution in [-0.4, -0.2) is 86.4 Å². The van der Waals surface area contributed by atoms with Gasteiger partial charge in [-0.3, -0.25) is 33.6 Å². The van der Waals surface area contributed by atoms with E-state index in [2.05, 4.69) is 21.7 Å². The molecule has 0 heterocycles. The van der Waals surface area contributed by atoms with E-state index in [-0.39, 0.29) is 45.4 Å². The van der Waals surface area contributed by atoms with Crippen molar-refractivity contribution in [3.05, 3.63) is 0 Å². The summed E-state index contributed by atoms with van der Waals surface area (Å²) in [5.41, 5.74) is -1.71. The molecule has 0 aliphatic carbocycles. The number of rotatable bonds is 32. The molecule has 14 nitrogen and oxygen atoms in total. The van der Waals surface area contributed by atoms with Crippen LogP contribution in [0.25, 0.3) is 0 Å². The summed E-state index contributed by atoms with van der Waals surface area (Å²) in [6, 6.07) is 0. The molecule has 0 aromatic heterocycles. The number of carboxylic acids is 1. The van der Waals surface area contributed by atoms with Crippen molar-refractivity contribution in [3.8, 4) is 0 Å². The van der Waals surface area contributed by atoms with Gasteiger partial charge in [-0.1, -0.05) is 84.0 Å². The molecule has 0 bridgehead atoms. The van der Waals surface area contributed by atoms with Crippen molar-refractivity contribution in [3.63, 3.8) is 0 Å². The van der Waals surface area contributed by atoms with Gasteiger partial charge < -0.3 is 34.1 Å². The molecular formula is C32H53NO13. The zero-order chi connectivity index (χ0) is 34.3. The molecule has 46 heavy (non-hydrogen) atoms. The first kappa shape index (κ1) is 42.3. The van der Waals surface area contributed by atoms with Gasteiger partial charge in [0.05, 0.1) is 25.7 Å². The highest BCUT2D eigenvalue weighted by atomic mass is 16.6. The summed E-state index contributed by atoms with van der Waals surface area (Å²) in [4.78, 5) is 81.2. The van der Waals surface area contributed by atoms with Crippen molar-refractivity contribution in [2.45, 2.75) is 128 Å². The molecule has 0 unspecified atom stereocenters. The molecule has 0 spiro atoms. The van der Waals surface area contributed by atoms with E-state index in [1.165, 1.54) is 51.4 Å². The Morgan fingerprint density at radius 2 is 0.957 bits per heavy atom. The largest absolute Gasteiger partial charge is 0.481 e. The van der Waals surface area contributed by atoms with Gasteiger partial charge in [-0.05, 0) is 6.42 Å². The average Bonchev–Trinajstić information content (AvgIpc) is 3.03. The maximum absolute atomic E-state index is 13.0. The Morgan fingerprint density at radius 3 is 1.35 bits per heavy atom. The molecule has 0 aliphatic rings. The van der Waals surface area contributed by atoms with Crippen LogP contribution in [0.15, 0.2) is 0 Å². The summed E-state index contributed by atoms with van der Waals surface area (Å²) in [5, 5.41) is 11.5. The van der Waals surface area contributed by atoms with Crippen LogP contribution in [0, 0.1) is 0 Å². The van der Waals surface area contributed by atoms with Gasteiger partial charge in [-0.15, -0.1) is 0 Å². The normalized spacial score (nSPS) is 10.8. The van der Waals surface area contributed by atoms with E-state index in [4.69, 9.17) is 19.3 Å². The minimum atomic E-state index is -1.71. The third-order valence-corrected chi connectivity index (χ3v) is 6.97. The Labute approximate surface area is 271 Å². The Balaban J connectivity index is 5.15. The number of unbranched alkanes of at least 4 members (excludes halogenated alkanes) is 12. The fraction of sp³-hybridized carbons (Fsp3) is 0.781. The van der Waals surface area contributed by atoms with Gasteiger partial charge in [0.25, 0.3) is 12.9 Å².